The summed E-state index contributed by atoms with van der Waals surface area (Å²) < 4.78 is 0.887. The van der Waals surface area contributed by atoms with E-state index in [9.17, 15) is 15.2 Å². The number of hydrogen-bond acceptors (Lipinski definition) is 4. The monoisotopic (exact) mass is 304 g/mol. The Labute approximate surface area is 145 Å². The van der Waals surface area contributed by atoms with Crippen molar-refractivity contribution in [2.45, 2.75) is 0 Å². The molecule has 23 heavy (non-hydrogen) atoms. The van der Waals surface area contributed by atoms with E-state index in [-0.39, 0.29) is 43.6 Å². The standard InChI is InChI=1S/C12H3B7O3S/c13-3-1-2-10(20)9(19(21)22)6(16)8(18)12(2)23-11(1)7(17)5(15)4(3)14/h20-22H. The van der Waals surface area contributed by atoms with Crippen LogP contribution in [0.3, 0.4) is 0 Å². The van der Waals surface area contributed by atoms with Crippen LogP contribution in [0.4, 0.5) is 0 Å². The molecule has 0 saturated heterocycles. The van der Waals surface area contributed by atoms with Gasteiger partial charge >= 0.3 is 7.12 Å². The summed E-state index contributed by atoms with van der Waals surface area (Å²) in [4.78, 5) is 0. The molecule has 0 spiro atoms. The second-order valence-corrected chi connectivity index (χ2v) is 6.15. The molecule has 1 aromatic heterocycles. The maximum absolute atomic E-state index is 10.5. The molecule has 12 radical (unpaired) electrons. The minimum Gasteiger partial charge on any atom is -0.508 e. The molecule has 3 aromatic rings. The Balaban J connectivity index is 2.69. The first-order chi connectivity index (χ1) is 10.7. The van der Waals surface area contributed by atoms with Gasteiger partial charge in [0.1, 0.15) is 52.8 Å². The van der Waals surface area contributed by atoms with Crippen molar-refractivity contribution in [3.8, 4) is 5.75 Å². The van der Waals surface area contributed by atoms with Crippen LogP contribution in [0.1, 0.15) is 0 Å². The highest BCUT2D eigenvalue weighted by atomic mass is 32.1. The number of thiophene rings is 1. The van der Waals surface area contributed by atoms with Crippen molar-refractivity contribution in [3.63, 3.8) is 0 Å². The van der Waals surface area contributed by atoms with Crippen LogP contribution in [0.2, 0.25) is 0 Å². The topological polar surface area (TPSA) is 60.7 Å². The Morgan fingerprint density at radius 2 is 1.13 bits per heavy atom. The molecule has 3 N–H and O–H groups in total. The van der Waals surface area contributed by atoms with E-state index >= 15 is 0 Å². The molecule has 0 saturated carbocycles. The Bertz CT molecular complexity index is 983. The van der Waals surface area contributed by atoms with Gasteiger partial charge in [0.15, 0.2) is 0 Å². The van der Waals surface area contributed by atoms with Crippen LogP contribution < -0.4 is 38.2 Å². The first kappa shape index (κ1) is 16.7. The molecule has 0 unspecified atom stereocenters. The summed E-state index contributed by atoms with van der Waals surface area (Å²) in [7, 11) is 33.5. The zero-order chi connectivity index (χ0) is 17.2. The van der Waals surface area contributed by atoms with Gasteiger partial charge in [-0.3, -0.25) is 0 Å². The van der Waals surface area contributed by atoms with E-state index in [1.807, 2.05) is 0 Å². The minimum absolute atomic E-state index is 0.0793. The number of rotatable bonds is 1. The number of phenolic OH excluding ortho intramolecular Hbond substituents is 1. The maximum atomic E-state index is 10.5. The van der Waals surface area contributed by atoms with Gasteiger partial charge in [0.2, 0.25) is 0 Å². The number of hydrogen-bond donors (Lipinski definition) is 3. The molecule has 3 rings (SSSR count). The lowest BCUT2D eigenvalue weighted by atomic mass is 9.63. The van der Waals surface area contributed by atoms with E-state index in [0.717, 1.165) is 11.3 Å². The highest BCUT2D eigenvalue weighted by Crippen LogP contribution is 2.34. The molecule has 11 heteroatoms. The first-order valence-electron chi connectivity index (χ1n) is 6.42. The Morgan fingerprint density at radius 1 is 0.652 bits per heavy atom. The van der Waals surface area contributed by atoms with Crippen molar-refractivity contribution < 1.29 is 15.2 Å². The van der Waals surface area contributed by atoms with Crippen molar-refractivity contribution in [1.29, 1.82) is 0 Å². The second kappa shape index (κ2) is 5.43. The zero-order valence-electron chi connectivity index (χ0n) is 11.8. The van der Waals surface area contributed by atoms with E-state index in [4.69, 9.17) is 47.1 Å². The Hall–Kier alpha value is -1.17. The average molecular weight is 303 g/mol. The third kappa shape index (κ3) is 2.14. The fourth-order valence-electron chi connectivity index (χ4n) is 2.63. The molecule has 0 aliphatic carbocycles. The maximum Gasteiger partial charge on any atom is 0.491 e. The van der Waals surface area contributed by atoms with Gasteiger partial charge in [-0.15, -0.1) is 22.3 Å². The molecule has 2 aromatic carbocycles. The summed E-state index contributed by atoms with van der Waals surface area (Å²) in [6.45, 7) is 0. The van der Waals surface area contributed by atoms with Gasteiger partial charge in [0.25, 0.3) is 0 Å². The highest BCUT2D eigenvalue weighted by molar-refractivity contribution is 7.28. The van der Waals surface area contributed by atoms with Gasteiger partial charge in [-0.05, 0) is 5.39 Å². The SMILES string of the molecule is [B]c1c([B])c([B])c2c(sc3c([B])c([B])c(B(O)O)c(O)c32)c1[B]. The summed E-state index contributed by atoms with van der Waals surface area (Å²) in [5, 5.41) is 30.0. The number of aromatic hydroxyl groups is 1. The fraction of sp³-hybridized carbons (Fsp3) is 0. The molecular weight excluding hydrogens is 300 g/mol. The summed E-state index contributed by atoms with van der Waals surface area (Å²) in [5.74, 6) is -0.441. The molecule has 0 atom stereocenters. The molecule has 0 aliphatic heterocycles. The Kier molecular flexibility index (Phi) is 3.94. The molecule has 1 heterocycles. The van der Waals surface area contributed by atoms with Crippen LogP contribution in [0.15, 0.2) is 0 Å². The van der Waals surface area contributed by atoms with Gasteiger partial charge < -0.3 is 15.2 Å². The summed E-state index contributed by atoms with van der Waals surface area (Å²) in [6, 6.07) is 0. The van der Waals surface area contributed by atoms with Crippen LogP contribution in [-0.4, -0.2) is 69.4 Å². The quantitative estimate of drug-likeness (QED) is 0.393. The summed E-state index contributed by atoms with van der Waals surface area (Å²) in [6.07, 6.45) is 0. The number of phenols is 1. The van der Waals surface area contributed by atoms with Gasteiger partial charge in [-0.2, -0.15) is 0 Å². The van der Waals surface area contributed by atoms with Crippen molar-refractivity contribution in [2.75, 3.05) is 0 Å². The van der Waals surface area contributed by atoms with Crippen molar-refractivity contribution in [2.24, 2.45) is 0 Å². The lowest BCUT2D eigenvalue weighted by Gasteiger charge is -2.15. The largest absolute Gasteiger partial charge is 0.508 e. The molecular formula is C12H3B7O3S. The van der Waals surface area contributed by atoms with E-state index in [0.29, 0.717) is 14.8 Å². The smallest absolute Gasteiger partial charge is 0.491 e. The lowest BCUT2D eigenvalue weighted by molar-refractivity contribution is 0.421. The summed E-state index contributed by atoms with van der Waals surface area (Å²) in [5.41, 5.74) is 0.188. The van der Waals surface area contributed by atoms with E-state index in [1.54, 1.807) is 0 Å². The summed E-state index contributed by atoms with van der Waals surface area (Å²) >= 11 is 1.13. The van der Waals surface area contributed by atoms with E-state index < -0.39 is 12.9 Å². The van der Waals surface area contributed by atoms with Gasteiger partial charge in [-0.1, -0.05) is 21.9 Å². The number of fused-ring (bicyclic) bond motifs is 3. The predicted molar refractivity (Wildman–Crippen MR) is 103 cm³/mol. The first-order valence-corrected chi connectivity index (χ1v) is 7.24. The van der Waals surface area contributed by atoms with Gasteiger partial charge in [-0.25, -0.2) is 0 Å². The van der Waals surface area contributed by atoms with E-state index in [2.05, 4.69) is 0 Å². The van der Waals surface area contributed by atoms with Crippen molar-refractivity contribution >= 4 is 124 Å². The normalized spacial score (nSPS) is 11.4. The fourth-order valence-corrected chi connectivity index (χ4v) is 3.89. The minimum atomic E-state index is -2.01. The van der Waals surface area contributed by atoms with Crippen molar-refractivity contribution in [3.05, 3.63) is 0 Å². The van der Waals surface area contributed by atoms with E-state index in [1.165, 1.54) is 0 Å². The second-order valence-electron chi connectivity index (χ2n) is 5.13. The van der Waals surface area contributed by atoms with Crippen LogP contribution in [0.25, 0.3) is 20.2 Å². The third-order valence-corrected chi connectivity index (χ3v) is 5.12. The number of benzene rings is 2. The Morgan fingerprint density at radius 3 is 1.70 bits per heavy atom. The predicted octanol–water partition coefficient (Wildman–Crippen LogP) is -5.80. The lowest BCUT2D eigenvalue weighted by Crippen LogP contribution is -2.48. The zero-order valence-corrected chi connectivity index (χ0v) is 12.6. The molecule has 96 valence electrons. The molecule has 0 amide bonds. The van der Waals surface area contributed by atoms with Crippen LogP contribution in [0, 0.1) is 0 Å². The molecule has 0 bridgehead atoms. The van der Waals surface area contributed by atoms with Gasteiger partial charge in [0, 0.05) is 20.2 Å². The van der Waals surface area contributed by atoms with Crippen molar-refractivity contribution in [1.82, 2.24) is 0 Å². The van der Waals surface area contributed by atoms with Crippen LogP contribution >= 0.6 is 11.3 Å². The molecule has 3 nitrogen and oxygen atoms in total. The van der Waals surface area contributed by atoms with Gasteiger partial charge in [0.05, 0.1) is 0 Å². The average Bonchev–Trinajstić information content (AvgIpc) is 2.89. The van der Waals surface area contributed by atoms with Crippen LogP contribution in [-0.2, 0) is 0 Å². The third-order valence-electron chi connectivity index (χ3n) is 3.87. The molecule has 0 fully saturated rings. The highest BCUT2D eigenvalue weighted by Gasteiger charge is 2.26. The van der Waals surface area contributed by atoms with Crippen LogP contribution in [0.5, 0.6) is 5.75 Å². The molecule has 0 aliphatic rings.